The Balaban J connectivity index is 1.36. The van der Waals surface area contributed by atoms with Crippen LogP contribution in [0.3, 0.4) is 0 Å². The van der Waals surface area contributed by atoms with Gasteiger partial charge in [0.1, 0.15) is 6.04 Å². The number of rotatable bonds is 7. The molecule has 1 fully saturated rings. The van der Waals surface area contributed by atoms with Crippen molar-refractivity contribution in [3.8, 4) is 0 Å². The van der Waals surface area contributed by atoms with Crippen molar-refractivity contribution >= 4 is 56.2 Å². The zero-order valence-corrected chi connectivity index (χ0v) is 23.0. The number of carbonyl (C=O) groups excluding carboxylic acids is 1. The molecule has 0 saturated carbocycles. The normalized spacial score (nSPS) is 16.4. The maximum Gasteiger partial charge on any atom is 0.258 e. The second-order valence-electron chi connectivity index (χ2n) is 9.19. The van der Waals surface area contributed by atoms with Gasteiger partial charge < -0.3 is 4.57 Å². The average Bonchev–Trinajstić information content (AvgIpc) is 3.51. The molecule has 0 unspecified atom stereocenters. The molecule has 5 rings (SSSR count). The fourth-order valence-electron chi connectivity index (χ4n) is 4.86. The molecule has 1 atom stereocenters. The fraction of sp³-hybridized carbons (Fsp3) is 0.214. The summed E-state index contributed by atoms with van der Waals surface area (Å²) in [5, 5.41) is 6.37. The van der Waals surface area contributed by atoms with Crippen LogP contribution in [0, 0.1) is 6.92 Å². The summed E-state index contributed by atoms with van der Waals surface area (Å²) < 4.78 is 29.8. The number of fused-ring (bicyclic) bond motifs is 1. The highest BCUT2D eigenvalue weighted by molar-refractivity contribution is 7.89. The minimum Gasteiger partial charge on any atom is -0.340 e. The highest BCUT2D eigenvalue weighted by atomic mass is 35.5. The zero-order valence-electron chi connectivity index (χ0n) is 20.6. The van der Waals surface area contributed by atoms with Crippen molar-refractivity contribution in [3.05, 3.63) is 99.7 Å². The number of nitrogens with zero attached hydrogens (tertiary/aromatic N) is 3. The molecule has 1 aliphatic rings. The van der Waals surface area contributed by atoms with Crippen LogP contribution in [0.25, 0.3) is 10.9 Å². The molecule has 0 radical (unpaired) electrons. The first-order chi connectivity index (χ1) is 18.3. The maximum atomic E-state index is 13.2. The molecule has 196 valence electrons. The van der Waals surface area contributed by atoms with Crippen molar-refractivity contribution in [3.63, 3.8) is 0 Å². The second kappa shape index (κ2) is 10.9. The molecule has 0 bridgehead atoms. The number of amides is 1. The number of nitrogens with one attached hydrogen (secondary N) is 1. The molecule has 38 heavy (non-hydrogen) atoms. The van der Waals surface area contributed by atoms with Crippen LogP contribution in [0.4, 0.5) is 0 Å². The number of halogens is 2. The second-order valence-corrected chi connectivity index (χ2v) is 12.0. The topological polar surface area (TPSA) is 83.8 Å². The van der Waals surface area contributed by atoms with Crippen LogP contribution in [0.2, 0.25) is 10.0 Å². The summed E-state index contributed by atoms with van der Waals surface area (Å²) in [5.41, 5.74) is 6.60. The van der Waals surface area contributed by atoms with Gasteiger partial charge in [-0.25, -0.2) is 13.8 Å². The van der Waals surface area contributed by atoms with Crippen LogP contribution in [0.15, 0.2) is 82.8 Å². The van der Waals surface area contributed by atoms with Gasteiger partial charge in [0.05, 0.1) is 11.1 Å². The number of benzene rings is 3. The lowest BCUT2D eigenvalue weighted by Crippen LogP contribution is -2.44. The van der Waals surface area contributed by atoms with Gasteiger partial charge in [0, 0.05) is 45.3 Å². The van der Waals surface area contributed by atoms with Crippen molar-refractivity contribution < 1.29 is 13.2 Å². The highest BCUT2D eigenvalue weighted by Gasteiger charge is 2.39. The van der Waals surface area contributed by atoms with Gasteiger partial charge in [0.25, 0.3) is 5.91 Å². The van der Waals surface area contributed by atoms with E-state index in [4.69, 9.17) is 23.2 Å². The van der Waals surface area contributed by atoms with E-state index in [2.05, 4.69) is 15.1 Å². The maximum absolute atomic E-state index is 13.2. The Morgan fingerprint density at radius 2 is 1.68 bits per heavy atom. The SMILES string of the molecule is Cc1c(/C=N\NC(=O)[C@H]2CCCN2S(=O)(=O)c2ccc(Cl)cc2)c2ccccc2n1Cc1ccc(Cl)cc1. The molecule has 0 aliphatic carbocycles. The van der Waals surface area contributed by atoms with E-state index in [9.17, 15) is 13.2 Å². The van der Waals surface area contributed by atoms with E-state index in [0.29, 0.717) is 29.4 Å². The van der Waals surface area contributed by atoms with Crippen LogP contribution in [0.5, 0.6) is 0 Å². The van der Waals surface area contributed by atoms with E-state index in [1.807, 2.05) is 55.5 Å². The quantitative estimate of drug-likeness (QED) is 0.232. The van der Waals surface area contributed by atoms with E-state index < -0.39 is 22.0 Å². The smallest absolute Gasteiger partial charge is 0.258 e. The van der Waals surface area contributed by atoms with Gasteiger partial charge in [-0.1, -0.05) is 53.5 Å². The number of para-hydroxylation sites is 1. The number of hydrogen-bond donors (Lipinski definition) is 1. The van der Waals surface area contributed by atoms with Gasteiger partial charge in [-0.05, 0) is 67.8 Å². The summed E-state index contributed by atoms with van der Waals surface area (Å²) in [6.07, 6.45) is 2.64. The number of hydrazone groups is 1. The molecular formula is C28H26Cl2N4O3S. The molecule has 1 aliphatic heterocycles. The summed E-state index contributed by atoms with van der Waals surface area (Å²) in [7, 11) is -3.84. The molecule has 1 N–H and O–H groups in total. The molecule has 3 aromatic carbocycles. The molecule has 4 aromatic rings. The predicted octanol–water partition coefficient (Wildman–Crippen LogP) is 5.61. The first-order valence-electron chi connectivity index (χ1n) is 12.2. The summed E-state index contributed by atoms with van der Waals surface area (Å²) in [4.78, 5) is 13.1. The largest absolute Gasteiger partial charge is 0.340 e. The fourth-order valence-corrected chi connectivity index (χ4v) is 6.77. The molecule has 1 aromatic heterocycles. The molecule has 0 spiro atoms. The lowest BCUT2D eigenvalue weighted by atomic mass is 10.1. The number of aromatic nitrogens is 1. The van der Waals surface area contributed by atoms with Gasteiger partial charge in [0.2, 0.25) is 10.0 Å². The Bertz CT molecular complexity index is 1610. The minimum atomic E-state index is -3.84. The Morgan fingerprint density at radius 3 is 2.39 bits per heavy atom. The number of carbonyl (C=O) groups is 1. The zero-order chi connectivity index (χ0) is 26.9. The van der Waals surface area contributed by atoms with Gasteiger partial charge >= 0.3 is 0 Å². The van der Waals surface area contributed by atoms with Crippen LogP contribution in [-0.4, -0.2) is 42.0 Å². The minimum absolute atomic E-state index is 0.106. The van der Waals surface area contributed by atoms with Crippen molar-refractivity contribution in [2.45, 2.75) is 37.2 Å². The summed E-state index contributed by atoms with van der Waals surface area (Å²) >= 11 is 12.0. The summed E-state index contributed by atoms with van der Waals surface area (Å²) in [5.74, 6) is -0.459. The Labute approximate surface area is 231 Å². The van der Waals surface area contributed by atoms with E-state index in [1.165, 1.54) is 28.6 Å². The third-order valence-corrected chi connectivity index (χ3v) is 9.25. The van der Waals surface area contributed by atoms with E-state index in [1.54, 1.807) is 6.21 Å². The first-order valence-corrected chi connectivity index (χ1v) is 14.4. The van der Waals surface area contributed by atoms with E-state index in [-0.39, 0.29) is 11.4 Å². The predicted molar refractivity (Wildman–Crippen MR) is 151 cm³/mol. The molecule has 7 nitrogen and oxygen atoms in total. The Morgan fingerprint density at radius 1 is 1.03 bits per heavy atom. The van der Waals surface area contributed by atoms with Crippen molar-refractivity contribution in [1.29, 1.82) is 0 Å². The van der Waals surface area contributed by atoms with Gasteiger partial charge in [-0.15, -0.1) is 0 Å². The van der Waals surface area contributed by atoms with E-state index >= 15 is 0 Å². The molecule has 1 amide bonds. The highest BCUT2D eigenvalue weighted by Crippen LogP contribution is 2.28. The monoisotopic (exact) mass is 568 g/mol. The lowest BCUT2D eigenvalue weighted by molar-refractivity contribution is -0.124. The molecule has 10 heteroatoms. The van der Waals surface area contributed by atoms with Crippen molar-refractivity contribution in [2.24, 2.45) is 5.10 Å². The Kier molecular flexibility index (Phi) is 7.59. The van der Waals surface area contributed by atoms with Crippen molar-refractivity contribution in [1.82, 2.24) is 14.3 Å². The molecular weight excluding hydrogens is 543 g/mol. The van der Waals surface area contributed by atoms with Crippen LogP contribution in [-0.2, 0) is 21.4 Å². The third-order valence-electron chi connectivity index (χ3n) is 6.83. The van der Waals surface area contributed by atoms with Gasteiger partial charge in [-0.2, -0.15) is 9.41 Å². The third kappa shape index (κ3) is 5.22. The first kappa shape index (κ1) is 26.4. The van der Waals surface area contributed by atoms with Gasteiger partial charge in [0.15, 0.2) is 0 Å². The molecule has 2 heterocycles. The number of sulfonamides is 1. The van der Waals surface area contributed by atoms with Crippen LogP contribution >= 0.6 is 23.2 Å². The lowest BCUT2D eigenvalue weighted by Gasteiger charge is -2.22. The average molecular weight is 570 g/mol. The summed E-state index contributed by atoms with van der Waals surface area (Å²) in [6.45, 7) is 2.93. The van der Waals surface area contributed by atoms with Crippen LogP contribution < -0.4 is 5.43 Å². The number of hydrogen-bond acceptors (Lipinski definition) is 4. The van der Waals surface area contributed by atoms with E-state index in [0.717, 1.165) is 27.7 Å². The van der Waals surface area contributed by atoms with Crippen molar-refractivity contribution in [2.75, 3.05) is 6.54 Å². The van der Waals surface area contributed by atoms with Gasteiger partial charge in [-0.3, -0.25) is 4.79 Å². The summed E-state index contributed by atoms with van der Waals surface area (Å²) in [6, 6.07) is 20.9. The Hall–Kier alpha value is -3.17. The molecule has 1 saturated heterocycles. The van der Waals surface area contributed by atoms with Crippen LogP contribution in [0.1, 0.15) is 29.7 Å². The standard InChI is InChI=1S/C28H26Cl2N4O3S/c1-19-25(24-5-2-3-6-26(24)33(19)18-20-8-10-21(29)11-9-20)17-31-32-28(35)27-7-4-16-34(27)38(36,37)23-14-12-22(30)13-15-23/h2-3,5-6,8-15,17,27H,4,7,16,18H2,1H3,(H,32,35)/b31-17-/t27-/m1/s1.